The summed E-state index contributed by atoms with van der Waals surface area (Å²) in [5, 5.41) is 3.97. The SMILES string of the molecule is Cc1cnc(N)nc1-c1ncnn1C. The van der Waals surface area contributed by atoms with E-state index in [0.717, 1.165) is 11.3 Å². The first-order valence-electron chi connectivity index (χ1n) is 4.12. The Bertz CT molecular complexity index is 461. The number of nitrogens with two attached hydrogens (primary N) is 1. The summed E-state index contributed by atoms with van der Waals surface area (Å²) < 4.78 is 1.65. The Kier molecular flexibility index (Phi) is 1.88. The van der Waals surface area contributed by atoms with Crippen LogP contribution in [-0.4, -0.2) is 24.7 Å². The van der Waals surface area contributed by atoms with Gasteiger partial charge in [-0.3, -0.25) is 0 Å². The highest BCUT2D eigenvalue weighted by Crippen LogP contribution is 2.17. The summed E-state index contributed by atoms with van der Waals surface area (Å²) in [6.45, 7) is 1.91. The summed E-state index contributed by atoms with van der Waals surface area (Å²) >= 11 is 0. The van der Waals surface area contributed by atoms with Gasteiger partial charge in [0.1, 0.15) is 12.0 Å². The van der Waals surface area contributed by atoms with Gasteiger partial charge in [-0.25, -0.2) is 19.6 Å². The molecule has 2 N–H and O–H groups in total. The summed E-state index contributed by atoms with van der Waals surface area (Å²) in [6.07, 6.45) is 3.15. The van der Waals surface area contributed by atoms with Crippen LogP contribution in [-0.2, 0) is 7.05 Å². The van der Waals surface area contributed by atoms with Crippen LogP contribution in [0.1, 0.15) is 5.56 Å². The molecule has 0 unspecified atom stereocenters. The number of anilines is 1. The second kappa shape index (κ2) is 3.06. The van der Waals surface area contributed by atoms with Gasteiger partial charge in [-0.05, 0) is 12.5 Å². The molecule has 0 spiro atoms. The number of nitrogen functional groups attached to an aromatic ring is 1. The van der Waals surface area contributed by atoms with E-state index in [0.29, 0.717) is 5.82 Å². The van der Waals surface area contributed by atoms with E-state index in [1.807, 2.05) is 6.92 Å². The summed E-state index contributed by atoms with van der Waals surface area (Å²) in [6, 6.07) is 0. The largest absolute Gasteiger partial charge is 0.368 e. The molecule has 0 atom stereocenters. The number of rotatable bonds is 1. The molecule has 6 nitrogen and oxygen atoms in total. The van der Waals surface area contributed by atoms with Crippen LogP contribution in [0.15, 0.2) is 12.5 Å². The molecule has 0 aliphatic rings. The summed E-state index contributed by atoms with van der Waals surface area (Å²) in [4.78, 5) is 12.1. The second-order valence-electron chi connectivity index (χ2n) is 2.97. The molecule has 0 bridgehead atoms. The second-order valence-corrected chi connectivity index (χ2v) is 2.97. The number of aryl methyl sites for hydroxylation is 2. The van der Waals surface area contributed by atoms with Crippen LogP contribution in [0, 0.1) is 6.92 Å². The van der Waals surface area contributed by atoms with Gasteiger partial charge < -0.3 is 5.73 Å². The molecule has 0 aliphatic heterocycles. The minimum atomic E-state index is 0.244. The maximum atomic E-state index is 5.50. The van der Waals surface area contributed by atoms with Gasteiger partial charge in [-0.15, -0.1) is 0 Å². The van der Waals surface area contributed by atoms with Crippen molar-refractivity contribution in [2.75, 3.05) is 5.73 Å². The van der Waals surface area contributed by atoms with E-state index in [2.05, 4.69) is 20.1 Å². The van der Waals surface area contributed by atoms with Crippen molar-refractivity contribution in [3.8, 4) is 11.5 Å². The first-order chi connectivity index (χ1) is 6.68. The zero-order valence-electron chi connectivity index (χ0n) is 7.97. The molecule has 6 heteroatoms. The Morgan fingerprint density at radius 3 is 2.79 bits per heavy atom. The molecular weight excluding hydrogens is 180 g/mol. The Morgan fingerprint density at radius 2 is 2.14 bits per heavy atom. The molecule has 2 heterocycles. The fourth-order valence-electron chi connectivity index (χ4n) is 1.19. The maximum Gasteiger partial charge on any atom is 0.220 e. The highest BCUT2D eigenvalue weighted by Gasteiger charge is 2.09. The summed E-state index contributed by atoms with van der Waals surface area (Å²) in [7, 11) is 1.81. The van der Waals surface area contributed by atoms with Gasteiger partial charge in [-0.1, -0.05) is 0 Å². The number of aromatic nitrogens is 5. The van der Waals surface area contributed by atoms with Gasteiger partial charge in [0.2, 0.25) is 5.95 Å². The Balaban J connectivity index is 2.62. The molecule has 72 valence electrons. The van der Waals surface area contributed by atoms with Crippen molar-refractivity contribution in [2.24, 2.45) is 7.05 Å². The predicted molar refractivity (Wildman–Crippen MR) is 51.2 cm³/mol. The fourth-order valence-corrected chi connectivity index (χ4v) is 1.19. The van der Waals surface area contributed by atoms with Crippen LogP contribution in [0.4, 0.5) is 5.95 Å². The average Bonchev–Trinajstić information content (AvgIpc) is 2.56. The fraction of sp³-hybridized carbons (Fsp3) is 0.250. The lowest BCUT2D eigenvalue weighted by Gasteiger charge is -2.03. The minimum Gasteiger partial charge on any atom is -0.368 e. The lowest BCUT2D eigenvalue weighted by molar-refractivity contribution is 0.770. The van der Waals surface area contributed by atoms with Crippen molar-refractivity contribution in [1.29, 1.82) is 0 Å². The molecule has 0 saturated carbocycles. The topological polar surface area (TPSA) is 82.5 Å². The van der Waals surface area contributed by atoms with Gasteiger partial charge in [0, 0.05) is 13.2 Å². The Labute approximate surface area is 80.8 Å². The molecule has 0 amide bonds. The molecule has 14 heavy (non-hydrogen) atoms. The van der Waals surface area contributed by atoms with E-state index in [-0.39, 0.29) is 5.95 Å². The van der Waals surface area contributed by atoms with Crippen LogP contribution < -0.4 is 5.73 Å². The number of nitrogens with zero attached hydrogens (tertiary/aromatic N) is 5. The lowest BCUT2D eigenvalue weighted by atomic mass is 10.2. The van der Waals surface area contributed by atoms with E-state index in [1.165, 1.54) is 6.33 Å². The first-order valence-corrected chi connectivity index (χ1v) is 4.12. The predicted octanol–water partition coefficient (Wildman–Crippen LogP) is 0.163. The van der Waals surface area contributed by atoms with E-state index in [9.17, 15) is 0 Å². The monoisotopic (exact) mass is 190 g/mol. The van der Waals surface area contributed by atoms with Gasteiger partial charge >= 0.3 is 0 Å². The van der Waals surface area contributed by atoms with Gasteiger partial charge in [-0.2, -0.15) is 5.10 Å². The highest BCUT2D eigenvalue weighted by molar-refractivity contribution is 5.55. The van der Waals surface area contributed by atoms with Crippen molar-refractivity contribution in [3.05, 3.63) is 18.1 Å². The van der Waals surface area contributed by atoms with E-state index in [1.54, 1.807) is 17.9 Å². The molecular formula is C8H10N6. The molecule has 2 aromatic rings. The molecule has 0 radical (unpaired) electrons. The average molecular weight is 190 g/mol. The van der Waals surface area contributed by atoms with E-state index in [4.69, 9.17) is 5.73 Å². The van der Waals surface area contributed by atoms with E-state index < -0.39 is 0 Å². The van der Waals surface area contributed by atoms with Crippen LogP contribution in [0.2, 0.25) is 0 Å². The number of hydrogen-bond donors (Lipinski definition) is 1. The van der Waals surface area contributed by atoms with Crippen molar-refractivity contribution in [3.63, 3.8) is 0 Å². The zero-order chi connectivity index (χ0) is 10.1. The van der Waals surface area contributed by atoms with Gasteiger partial charge in [0.05, 0.1) is 0 Å². The van der Waals surface area contributed by atoms with Crippen LogP contribution in [0.3, 0.4) is 0 Å². The standard InChI is InChI=1S/C8H10N6/c1-5-3-10-8(9)13-6(5)7-11-4-12-14(7)2/h3-4H,1-2H3,(H2,9,10,13). The van der Waals surface area contributed by atoms with Gasteiger partial charge in [0.15, 0.2) is 5.82 Å². The Morgan fingerprint density at radius 1 is 1.36 bits per heavy atom. The van der Waals surface area contributed by atoms with Crippen molar-refractivity contribution >= 4 is 5.95 Å². The molecule has 0 fully saturated rings. The van der Waals surface area contributed by atoms with Gasteiger partial charge in [0.25, 0.3) is 0 Å². The smallest absolute Gasteiger partial charge is 0.220 e. The summed E-state index contributed by atoms with van der Waals surface area (Å²) in [5.74, 6) is 0.935. The molecule has 2 rings (SSSR count). The van der Waals surface area contributed by atoms with Crippen molar-refractivity contribution in [1.82, 2.24) is 24.7 Å². The molecule has 0 aromatic carbocycles. The van der Waals surface area contributed by atoms with Crippen molar-refractivity contribution < 1.29 is 0 Å². The zero-order valence-corrected chi connectivity index (χ0v) is 7.97. The minimum absolute atomic E-state index is 0.244. The number of hydrogen-bond acceptors (Lipinski definition) is 5. The molecule has 2 aromatic heterocycles. The third-order valence-electron chi connectivity index (χ3n) is 1.91. The third-order valence-corrected chi connectivity index (χ3v) is 1.91. The maximum absolute atomic E-state index is 5.50. The quantitative estimate of drug-likeness (QED) is 0.692. The van der Waals surface area contributed by atoms with E-state index >= 15 is 0 Å². The molecule has 0 aliphatic carbocycles. The van der Waals surface area contributed by atoms with Crippen LogP contribution in [0.25, 0.3) is 11.5 Å². The van der Waals surface area contributed by atoms with Crippen molar-refractivity contribution in [2.45, 2.75) is 6.92 Å². The normalized spacial score (nSPS) is 10.4. The third kappa shape index (κ3) is 1.30. The molecule has 0 saturated heterocycles. The summed E-state index contributed by atoms with van der Waals surface area (Å²) in [5.41, 5.74) is 7.15. The van der Waals surface area contributed by atoms with Crippen LogP contribution >= 0.6 is 0 Å². The highest BCUT2D eigenvalue weighted by atomic mass is 15.3. The first kappa shape index (κ1) is 8.61. The Hall–Kier alpha value is -1.98. The van der Waals surface area contributed by atoms with Crippen LogP contribution in [0.5, 0.6) is 0 Å². The lowest BCUT2D eigenvalue weighted by Crippen LogP contribution is -2.02.